The summed E-state index contributed by atoms with van der Waals surface area (Å²) in [4.78, 5) is 40.8. The number of ether oxygens (including phenoxy) is 1. The Morgan fingerprint density at radius 2 is 1.85 bits per heavy atom. The summed E-state index contributed by atoms with van der Waals surface area (Å²) < 4.78 is 4.94. The number of anilines is 1. The van der Waals surface area contributed by atoms with Gasteiger partial charge in [0.05, 0.1) is 12.5 Å². The summed E-state index contributed by atoms with van der Waals surface area (Å²) in [6, 6.07) is 9.46. The fourth-order valence-corrected chi connectivity index (χ4v) is 3.77. The number of nitrogens with one attached hydrogen (secondary N) is 1. The van der Waals surface area contributed by atoms with Crippen LogP contribution >= 0.6 is 0 Å². The molecule has 2 fully saturated rings. The van der Waals surface area contributed by atoms with Crippen molar-refractivity contribution in [2.75, 3.05) is 44.8 Å². The maximum absolute atomic E-state index is 12.8. The molecule has 2 saturated heterocycles. The molecule has 1 aromatic rings. The van der Waals surface area contributed by atoms with Gasteiger partial charge >= 0.3 is 0 Å². The minimum absolute atomic E-state index is 0.00745. The first-order valence-electron chi connectivity index (χ1n) is 9.51. The summed E-state index contributed by atoms with van der Waals surface area (Å²) in [5, 5.41) is 2.86. The molecular formula is C20H27N3O4. The van der Waals surface area contributed by atoms with E-state index in [2.05, 4.69) is 5.32 Å². The van der Waals surface area contributed by atoms with Crippen molar-refractivity contribution in [3.8, 4) is 0 Å². The molecule has 146 valence electrons. The van der Waals surface area contributed by atoms with Crippen molar-refractivity contribution in [2.45, 2.75) is 19.3 Å². The van der Waals surface area contributed by atoms with E-state index in [-0.39, 0.29) is 36.0 Å². The highest BCUT2D eigenvalue weighted by Crippen LogP contribution is 2.27. The van der Waals surface area contributed by atoms with Gasteiger partial charge in [0, 0.05) is 51.3 Å². The van der Waals surface area contributed by atoms with Crippen LogP contribution < -0.4 is 10.2 Å². The summed E-state index contributed by atoms with van der Waals surface area (Å²) in [7, 11) is 1.60. The first-order chi connectivity index (χ1) is 13.1. The van der Waals surface area contributed by atoms with Crippen molar-refractivity contribution in [3.05, 3.63) is 30.3 Å². The molecule has 0 bridgehead atoms. The highest BCUT2D eigenvalue weighted by atomic mass is 16.5. The van der Waals surface area contributed by atoms with Crippen LogP contribution in [-0.4, -0.2) is 62.5 Å². The Labute approximate surface area is 159 Å². The number of carbonyl (C=O) groups is 3. The minimum Gasteiger partial charge on any atom is -0.383 e. The number of carbonyl (C=O) groups excluding carboxylic acids is 3. The summed E-state index contributed by atoms with van der Waals surface area (Å²) >= 11 is 0. The lowest BCUT2D eigenvalue weighted by molar-refractivity contribution is -0.139. The summed E-state index contributed by atoms with van der Waals surface area (Å²) in [6.07, 6.45) is 1.58. The molecular weight excluding hydrogens is 346 g/mol. The average molecular weight is 373 g/mol. The number of benzene rings is 1. The molecule has 0 radical (unpaired) electrons. The molecule has 1 aromatic carbocycles. The molecule has 1 N–H and O–H groups in total. The van der Waals surface area contributed by atoms with Crippen molar-refractivity contribution in [2.24, 2.45) is 11.8 Å². The Morgan fingerprint density at radius 1 is 1.15 bits per heavy atom. The van der Waals surface area contributed by atoms with Crippen LogP contribution in [-0.2, 0) is 19.1 Å². The van der Waals surface area contributed by atoms with E-state index >= 15 is 0 Å². The van der Waals surface area contributed by atoms with Crippen molar-refractivity contribution in [1.82, 2.24) is 10.2 Å². The van der Waals surface area contributed by atoms with E-state index in [1.807, 2.05) is 35.2 Å². The average Bonchev–Trinajstić information content (AvgIpc) is 3.10. The van der Waals surface area contributed by atoms with Crippen LogP contribution in [0.4, 0.5) is 5.69 Å². The topological polar surface area (TPSA) is 79.0 Å². The number of para-hydroxylation sites is 1. The Hall–Kier alpha value is -2.41. The standard InChI is InChI=1S/C20H27N3O4/c1-27-12-9-21-19(25)15-7-10-22(11-8-15)20(26)16-13-18(24)23(14-16)17-5-3-2-4-6-17/h2-6,15-16H,7-14H2,1H3,(H,21,25). The van der Waals surface area contributed by atoms with Crippen LogP contribution in [0.5, 0.6) is 0 Å². The second-order valence-electron chi connectivity index (χ2n) is 7.12. The molecule has 7 nitrogen and oxygen atoms in total. The third-order valence-corrected chi connectivity index (χ3v) is 5.32. The largest absolute Gasteiger partial charge is 0.383 e. The van der Waals surface area contributed by atoms with E-state index in [1.165, 1.54) is 0 Å². The van der Waals surface area contributed by atoms with Crippen LogP contribution in [0.15, 0.2) is 30.3 Å². The monoisotopic (exact) mass is 373 g/mol. The Balaban J connectivity index is 1.50. The molecule has 27 heavy (non-hydrogen) atoms. The molecule has 3 rings (SSSR count). The van der Waals surface area contributed by atoms with Crippen LogP contribution in [0.1, 0.15) is 19.3 Å². The van der Waals surface area contributed by atoms with E-state index in [9.17, 15) is 14.4 Å². The van der Waals surface area contributed by atoms with E-state index < -0.39 is 0 Å². The molecule has 3 amide bonds. The fourth-order valence-electron chi connectivity index (χ4n) is 3.77. The van der Waals surface area contributed by atoms with Crippen LogP contribution in [0.25, 0.3) is 0 Å². The molecule has 0 spiro atoms. The third kappa shape index (κ3) is 4.66. The van der Waals surface area contributed by atoms with Crippen LogP contribution in [0, 0.1) is 11.8 Å². The maximum atomic E-state index is 12.8. The number of methoxy groups -OCH3 is 1. The van der Waals surface area contributed by atoms with Crippen LogP contribution in [0.3, 0.4) is 0 Å². The molecule has 2 heterocycles. The Morgan fingerprint density at radius 3 is 2.52 bits per heavy atom. The lowest BCUT2D eigenvalue weighted by Gasteiger charge is -2.33. The number of hydrogen-bond donors (Lipinski definition) is 1. The lowest BCUT2D eigenvalue weighted by atomic mass is 9.94. The molecule has 0 saturated carbocycles. The van der Waals surface area contributed by atoms with E-state index in [1.54, 1.807) is 12.0 Å². The van der Waals surface area contributed by atoms with Gasteiger partial charge in [0.2, 0.25) is 17.7 Å². The van der Waals surface area contributed by atoms with Crippen molar-refractivity contribution < 1.29 is 19.1 Å². The molecule has 7 heteroatoms. The number of piperidine rings is 1. The number of rotatable bonds is 6. The minimum atomic E-state index is -0.301. The molecule has 1 unspecified atom stereocenters. The molecule has 2 aliphatic rings. The van der Waals surface area contributed by atoms with Gasteiger partial charge in [-0.25, -0.2) is 0 Å². The Kier molecular flexibility index (Phi) is 6.45. The predicted octanol–water partition coefficient (Wildman–Crippen LogP) is 1.04. The normalized spacial score (nSPS) is 20.8. The van der Waals surface area contributed by atoms with Gasteiger partial charge in [0.25, 0.3) is 0 Å². The first kappa shape index (κ1) is 19.4. The van der Waals surface area contributed by atoms with Crippen molar-refractivity contribution >= 4 is 23.4 Å². The highest BCUT2D eigenvalue weighted by Gasteiger charge is 2.38. The summed E-state index contributed by atoms with van der Waals surface area (Å²) in [5.74, 6) is -0.306. The highest BCUT2D eigenvalue weighted by molar-refractivity contribution is 6.00. The lowest BCUT2D eigenvalue weighted by Crippen LogP contribution is -2.45. The van der Waals surface area contributed by atoms with Gasteiger partial charge in [-0.05, 0) is 25.0 Å². The fraction of sp³-hybridized carbons (Fsp3) is 0.550. The van der Waals surface area contributed by atoms with Crippen molar-refractivity contribution in [3.63, 3.8) is 0 Å². The number of amides is 3. The Bertz CT molecular complexity index is 671. The van der Waals surface area contributed by atoms with E-state index in [0.29, 0.717) is 45.6 Å². The zero-order chi connectivity index (χ0) is 19.2. The zero-order valence-corrected chi connectivity index (χ0v) is 15.7. The molecule has 0 aliphatic carbocycles. The predicted molar refractivity (Wildman–Crippen MR) is 101 cm³/mol. The van der Waals surface area contributed by atoms with Gasteiger partial charge in [-0.15, -0.1) is 0 Å². The van der Waals surface area contributed by atoms with E-state index in [4.69, 9.17) is 4.74 Å². The van der Waals surface area contributed by atoms with Crippen molar-refractivity contribution in [1.29, 1.82) is 0 Å². The molecule has 1 atom stereocenters. The molecule has 2 aliphatic heterocycles. The van der Waals surface area contributed by atoms with Gasteiger partial charge in [-0.3, -0.25) is 14.4 Å². The first-order valence-corrected chi connectivity index (χ1v) is 9.51. The SMILES string of the molecule is COCCNC(=O)C1CCN(C(=O)C2CC(=O)N(c3ccccc3)C2)CC1. The van der Waals surface area contributed by atoms with Crippen LogP contribution in [0.2, 0.25) is 0 Å². The molecule has 0 aromatic heterocycles. The maximum Gasteiger partial charge on any atom is 0.228 e. The van der Waals surface area contributed by atoms with E-state index in [0.717, 1.165) is 5.69 Å². The zero-order valence-electron chi connectivity index (χ0n) is 15.7. The summed E-state index contributed by atoms with van der Waals surface area (Å²) in [5.41, 5.74) is 0.837. The summed E-state index contributed by atoms with van der Waals surface area (Å²) in [6.45, 7) is 2.57. The van der Waals surface area contributed by atoms with Gasteiger partial charge in [-0.1, -0.05) is 18.2 Å². The second kappa shape index (κ2) is 8.99. The number of nitrogens with zero attached hydrogens (tertiary/aromatic N) is 2. The quantitative estimate of drug-likeness (QED) is 0.756. The number of likely N-dealkylation sites (tertiary alicyclic amines) is 1. The third-order valence-electron chi connectivity index (χ3n) is 5.32. The number of hydrogen-bond acceptors (Lipinski definition) is 4. The van der Waals surface area contributed by atoms with Gasteiger partial charge < -0.3 is 19.9 Å². The van der Waals surface area contributed by atoms with Gasteiger partial charge in [0.1, 0.15) is 0 Å². The second-order valence-corrected chi connectivity index (χ2v) is 7.12. The van der Waals surface area contributed by atoms with Gasteiger partial charge in [-0.2, -0.15) is 0 Å². The van der Waals surface area contributed by atoms with Gasteiger partial charge in [0.15, 0.2) is 0 Å². The smallest absolute Gasteiger partial charge is 0.228 e.